The zero-order chi connectivity index (χ0) is 10.5. The fourth-order valence-corrected chi connectivity index (χ4v) is 2.03. The Labute approximate surface area is 94.6 Å². The number of hydrogen-bond donors (Lipinski definition) is 0. The molecule has 1 heterocycles. The van der Waals surface area contributed by atoms with Gasteiger partial charge in [0.1, 0.15) is 0 Å². The highest BCUT2D eigenvalue weighted by Gasteiger charge is 1.97. The lowest BCUT2D eigenvalue weighted by atomic mass is 10.1. The SMILES string of the molecule is CCSc1ccc(-c2c[c]ccn2)cc1. The second-order valence-corrected chi connectivity index (χ2v) is 4.44. The summed E-state index contributed by atoms with van der Waals surface area (Å²) in [5.74, 6) is 1.11. The van der Waals surface area contributed by atoms with Crippen molar-refractivity contribution >= 4 is 11.8 Å². The molecule has 15 heavy (non-hydrogen) atoms. The van der Waals surface area contributed by atoms with Crippen molar-refractivity contribution in [1.82, 2.24) is 4.98 Å². The second-order valence-electron chi connectivity index (χ2n) is 3.10. The van der Waals surface area contributed by atoms with Crippen molar-refractivity contribution < 1.29 is 0 Å². The fraction of sp³-hybridized carbons (Fsp3) is 0.154. The number of nitrogens with zero attached hydrogens (tertiary/aromatic N) is 1. The fourth-order valence-electron chi connectivity index (χ4n) is 1.37. The monoisotopic (exact) mass is 214 g/mol. The average molecular weight is 214 g/mol. The molecule has 0 bridgehead atoms. The van der Waals surface area contributed by atoms with Gasteiger partial charge in [0.05, 0.1) is 5.69 Å². The summed E-state index contributed by atoms with van der Waals surface area (Å²) in [6, 6.07) is 15.2. The molecule has 2 rings (SSSR count). The van der Waals surface area contributed by atoms with Gasteiger partial charge in [0.25, 0.3) is 0 Å². The summed E-state index contributed by atoms with van der Waals surface area (Å²) in [4.78, 5) is 5.59. The Morgan fingerprint density at radius 1 is 1.27 bits per heavy atom. The molecule has 1 nitrogen and oxygen atoms in total. The van der Waals surface area contributed by atoms with E-state index < -0.39 is 0 Å². The van der Waals surface area contributed by atoms with Crippen LogP contribution in [-0.4, -0.2) is 10.7 Å². The Kier molecular flexibility index (Phi) is 3.41. The lowest BCUT2D eigenvalue weighted by Gasteiger charge is -2.01. The summed E-state index contributed by atoms with van der Waals surface area (Å²) in [5, 5.41) is 0. The number of thioether (sulfide) groups is 1. The molecule has 0 aliphatic heterocycles. The second kappa shape index (κ2) is 4.99. The molecule has 0 unspecified atom stereocenters. The molecule has 0 aliphatic rings. The average Bonchev–Trinajstić information content (AvgIpc) is 2.32. The lowest BCUT2D eigenvalue weighted by molar-refractivity contribution is 1.31. The van der Waals surface area contributed by atoms with E-state index in [1.165, 1.54) is 4.90 Å². The van der Waals surface area contributed by atoms with Crippen LogP contribution in [0.5, 0.6) is 0 Å². The molecular formula is C13H12NS. The zero-order valence-electron chi connectivity index (χ0n) is 8.60. The van der Waals surface area contributed by atoms with Crippen molar-refractivity contribution in [2.24, 2.45) is 0 Å². The highest BCUT2D eigenvalue weighted by atomic mass is 32.2. The van der Waals surface area contributed by atoms with Crippen LogP contribution in [0.4, 0.5) is 0 Å². The van der Waals surface area contributed by atoms with Crippen molar-refractivity contribution in [2.75, 3.05) is 5.75 Å². The van der Waals surface area contributed by atoms with Crippen LogP contribution in [0.1, 0.15) is 6.92 Å². The predicted molar refractivity (Wildman–Crippen MR) is 64.9 cm³/mol. The molecule has 1 aromatic carbocycles. The van der Waals surface area contributed by atoms with Gasteiger partial charge < -0.3 is 0 Å². The summed E-state index contributed by atoms with van der Waals surface area (Å²) in [6.45, 7) is 2.16. The molecule has 2 aromatic rings. The first-order valence-electron chi connectivity index (χ1n) is 4.95. The molecule has 2 heteroatoms. The number of benzene rings is 1. The normalized spacial score (nSPS) is 10.2. The summed E-state index contributed by atoms with van der Waals surface area (Å²) in [7, 11) is 0. The molecule has 0 fully saturated rings. The number of pyridine rings is 1. The molecule has 0 saturated carbocycles. The molecule has 75 valence electrons. The largest absolute Gasteiger partial charge is 0.256 e. The van der Waals surface area contributed by atoms with E-state index in [4.69, 9.17) is 0 Å². The minimum absolute atomic E-state index is 0.977. The highest BCUT2D eigenvalue weighted by Crippen LogP contribution is 2.22. The Balaban J connectivity index is 2.24. The van der Waals surface area contributed by atoms with Gasteiger partial charge in [0.2, 0.25) is 0 Å². The first-order valence-corrected chi connectivity index (χ1v) is 5.94. The lowest BCUT2D eigenvalue weighted by Crippen LogP contribution is -1.81. The first kappa shape index (κ1) is 10.2. The van der Waals surface area contributed by atoms with Gasteiger partial charge in [-0.2, -0.15) is 0 Å². The summed E-state index contributed by atoms with van der Waals surface area (Å²) < 4.78 is 0. The van der Waals surface area contributed by atoms with Crippen LogP contribution < -0.4 is 0 Å². The van der Waals surface area contributed by atoms with Gasteiger partial charge in [-0.3, -0.25) is 4.98 Å². The van der Waals surface area contributed by atoms with E-state index in [-0.39, 0.29) is 0 Å². The van der Waals surface area contributed by atoms with Gasteiger partial charge in [0, 0.05) is 16.7 Å². The van der Waals surface area contributed by atoms with E-state index in [2.05, 4.69) is 42.2 Å². The third-order valence-electron chi connectivity index (χ3n) is 2.07. The molecule has 1 aromatic heterocycles. The van der Waals surface area contributed by atoms with Crippen LogP contribution in [0, 0.1) is 6.07 Å². The molecule has 0 amide bonds. The van der Waals surface area contributed by atoms with Gasteiger partial charge in [-0.1, -0.05) is 19.1 Å². The molecule has 0 saturated heterocycles. The Bertz CT molecular complexity index is 408. The Morgan fingerprint density at radius 3 is 2.67 bits per heavy atom. The molecule has 1 radical (unpaired) electrons. The first-order chi connectivity index (χ1) is 7.40. The van der Waals surface area contributed by atoms with E-state index in [0.717, 1.165) is 17.0 Å². The van der Waals surface area contributed by atoms with Gasteiger partial charge >= 0.3 is 0 Å². The molecular weight excluding hydrogens is 202 g/mol. The van der Waals surface area contributed by atoms with Crippen molar-refractivity contribution in [3.05, 3.63) is 48.7 Å². The quantitative estimate of drug-likeness (QED) is 0.723. The maximum atomic E-state index is 4.29. The molecule has 0 N–H and O–H groups in total. The Hall–Kier alpha value is -1.28. The summed E-state index contributed by atoms with van der Waals surface area (Å²) >= 11 is 1.85. The van der Waals surface area contributed by atoms with Gasteiger partial charge in [-0.25, -0.2) is 0 Å². The zero-order valence-corrected chi connectivity index (χ0v) is 9.42. The third kappa shape index (κ3) is 2.60. The Morgan fingerprint density at radius 2 is 2.07 bits per heavy atom. The maximum absolute atomic E-state index is 4.29. The van der Waals surface area contributed by atoms with Crippen LogP contribution in [0.3, 0.4) is 0 Å². The standard InChI is InChI=1S/C13H12NS/c1-2-15-12-8-6-11(7-9-12)13-5-3-4-10-14-13/h4-10H,2H2,1H3. The maximum Gasteiger partial charge on any atom is 0.0708 e. The van der Waals surface area contributed by atoms with Crippen molar-refractivity contribution in [2.45, 2.75) is 11.8 Å². The number of rotatable bonds is 3. The van der Waals surface area contributed by atoms with Crippen LogP contribution in [0.2, 0.25) is 0 Å². The number of aromatic nitrogens is 1. The molecule has 0 spiro atoms. The van der Waals surface area contributed by atoms with Crippen molar-refractivity contribution in [3.8, 4) is 11.3 Å². The van der Waals surface area contributed by atoms with Crippen molar-refractivity contribution in [3.63, 3.8) is 0 Å². The van der Waals surface area contributed by atoms with E-state index in [0.29, 0.717) is 0 Å². The smallest absolute Gasteiger partial charge is 0.0708 e. The number of hydrogen-bond acceptors (Lipinski definition) is 2. The highest BCUT2D eigenvalue weighted by molar-refractivity contribution is 7.99. The van der Waals surface area contributed by atoms with Crippen LogP contribution in [0.25, 0.3) is 11.3 Å². The minimum atomic E-state index is 0.977. The predicted octanol–water partition coefficient (Wildman–Crippen LogP) is 3.66. The van der Waals surface area contributed by atoms with Gasteiger partial charge in [0.15, 0.2) is 0 Å². The molecule has 0 aliphatic carbocycles. The van der Waals surface area contributed by atoms with Crippen molar-refractivity contribution in [1.29, 1.82) is 0 Å². The topological polar surface area (TPSA) is 12.9 Å². The van der Waals surface area contributed by atoms with Crippen LogP contribution in [-0.2, 0) is 0 Å². The van der Waals surface area contributed by atoms with E-state index >= 15 is 0 Å². The van der Waals surface area contributed by atoms with E-state index in [1.807, 2.05) is 23.9 Å². The summed E-state index contributed by atoms with van der Waals surface area (Å²) in [6.07, 6.45) is 1.77. The van der Waals surface area contributed by atoms with Crippen LogP contribution in [0.15, 0.2) is 47.5 Å². The molecule has 0 atom stereocenters. The summed E-state index contributed by atoms with van der Waals surface area (Å²) in [5.41, 5.74) is 2.12. The third-order valence-corrected chi connectivity index (χ3v) is 2.96. The van der Waals surface area contributed by atoms with E-state index in [9.17, 15) is 0 Å². The van der Waals surface area contributed by atoms with Gasteiger partial charge in [-0.05, 0) is 36.1 Å². The van der Waals surface area contributed by atoms with Gasteiger partial charge in [-0.15, -0.1) is 11.8 Å². The minimum Gasteiger partial charge on any atom is -0.256 e. The van der Waals surface area contributed by atoms with Crippen LogP contribution >= 0.6 is 11.8 Å². The van der Waals surface area contributed by atoms with E-state index in [1.54, 1.807) is 6.20 Å².